The van der Waals surface area contributed by atoms with E-state index in [1.807, 2.05) is 0 Å². The molecule has 0 radical (unpaired) electrons. The average molecular weight is 869 g/mol. The lowest BCUT2D eigenvalue weighted by Gasteiger charge is -2.18. The molecule has 0 aliphatic rings. The summed E-state index contributed by atoms with van der Waals surface area (Å²) in [4.78, 5) is 37.9. The van der Waals surface area contributed by atoms with Crippen molar-refractivity contribution in [2.75, 3.05) is 13.2 Å². The van der Waals surface area contributed by atoms with E-state index in [0.29, 0.717) is 19.3 Å². The van der Waals surface area contributed by atoms with Crippen LogP contribution in [-0.2, 0) is 28.6 Å². The van der Waals surface area contributed by atoms with Gasteiger partial charge >= 0.3 is 17.9 Å². The highest BCUT2D eigenvalue weighted by Crippen LogP contribution is 2.15. The fraction of sp³-hybridized carbons (Fsp3) is 0.804. The molecule has 0 N–H and O–H groups in total. The van der Waals surface area contributed by atoms with Gasteiger partial charge in [-0.2, -0.15) is 0 Å². The summed E-state index contributed by atoms with van der Waals surface area (Å²) < 4.78 is 16.8. The van der Waals surface area contributed by atoms with Crippen LogP contribution < -0.4 is 0 Å². The van der Waals surface area contributed by atoms with Crippen molar-refractivity contribution in [3.8, 4) is 0 Å². The van der Waals surface area contributed by atoms with Crippen molar-refractivity contribution in [1.82, 2.24) is 0 Å². The Labute approximate surface area is 384 Å². The third kappa shape index (κ3) is 48.4. The van der Waals surface area contributed by atoms with E-state index in [1.165, 1.54) is 141 Å². The van der Waals surface area contributed by atoms with Crippen LogP contribution in [0.1, 0.15) is 271 Å². The second-order valence-corrected chi connectivity index (χ2v) is 17.8. The number of carbonyl (C=O) groups is 3. The molecule has 0 saturated carbocycles. The Hall–Kier alpha value is -2.63. The Morgan fingerprint density at radius 2 is 0.597 bits per heavy atom. The van der Waals surface area contributed by atoms with Crippen molar-refractivity contribution in [2.24, 2.45) is 0 Å². The Kier molecular flexibility index (Phi) is 48.8. The highest BCUT2D eigenvalue weighted by Gasteiger charge is 2.19. The lowest BCUT2D eigenvalue weighted by atomic mass is 10.1. The molecule has 0 amide bonds. The molecule has 0 heterocycles. The van der Waals surface area contributed by atoms with Crippen molar-refractivity contribution in [3.05, 3.63) is 48.6 Å². The quantitative estimate of drug-likeness (QED) is 0.0199. The van der Waals surface area contributed by atoms with Crippen molar-refractivity contribution >= 4 is 17.9 Å². The standard InChI is InChI=1S/C56H100O6/c1-4-7-10-13-16-19-22-24-26-27-28-29-31-32-34-37-40-43-46-49-55(58)61-52-53(51-60-54(57)48-45-42-39-36-21-18-15-12-9-6-3)62-56(59)50-47-44-41-38-35-33-30-25-23-20-17-14-11-8-5-2/h15,17-18,20,23,25,27-28,53H,4-14,16,19,21-22,24,26,29-52H2,1-3H3/b18-15-,20-17-,25-23-,28-27-. The summed E-state index contributed by atoms with van der Waals surface area (Å²) in [6.45, 7) is 6.56. The summed E-state index contributed by atoms with van der Waals surface area (Å²) in [6, 6.07) is 0. The summed E-state index contributed by atoms with van der Waals surface area (Å²) in [6.07, 6.45) is 61.0. The first-order valence-corrected chi connectivity index (χ1v) is 26.7. The normalized spacial score (nSPS) is 12.4. The van der Waals surface area contributed by atoms with E-state index < -0.39 is 6.10 Å². The van der Waals surface area contributed by atoms with E-state index >= 15 is 0 Å². The van der Waals surface area contributed by atoms with Crippen molar-refractivity contribution in [2.45, 2.75) is 277 Å². The minimum atomic E-state index is -0.783. The maximum absolute atomic E-state index is 12.8. The summed E-state index contributed by atoms with van der Waals surface area (Å²) in [5, 5.41) is 0. The van der Waals surface area contributed by atoms with Gasteiger partial charge in [0.25, 0.3) is 0 Å². The summed E-state index contributed by atoms with van der Waals surface area (Å²) >= 11 is 0. The van der Waals surface area contributed by atoms with Crippen LogP contribution in [0, 0.1) is 0 Å². The lowest BCUT2D eigenvalue weighted by Crippen LogP contribution is -2.30. The first-order valence-electron chi connectivity index (χ1n) is 26.7. The van der Waals surface area contributed by atoms with Gasteiger partial charge in [0.2, 0.25) is 0 Å². The van der Waals surface area contributed by atoms with Crippen LogP contribution >= 0.6 is 0 Å². The van der Waals surface area contributed by atoms with Crippen LogP contribution in [0.2, 0.25) is 0 Å². The van der Waals surface area contributed by atoms with Gasteiger partial charge in [-0.1, -0.05) is 211 Å². The summed E-state index contributed by atoms with van der Waals surface area (Å²) in [7, 11) is 0. The van der Waals surface area contributed by atoms with Gasteiger partial charge in [-0.15, -0.1) is 0 Å². The van der Waals surface area contributed by atoms with Gasteiger partial charge < -0.3 is 14.2 Å². The summed E-state index contributed by atoms with van der Waals surface area (Å²) in [5.74, 6) is -0.906. The molecule has 360 valence electrons. The fourth-order valence-corrected chi connectivity index (χ4v) is 7.47. The number of rotatable bonds is 48. The van der Waals surface area contributed by atoms with Gasteiger partial charge in [0.15, 0.2) is 6.10 Å². The van der Waals surface area contributed by atoms with E-state index in [0.717, 1.165) is 89.9 Å². The van der Waals surface area contributed by atoms with E-state index in [-0.39, 0.29) is 31.1 Å². The number of esters is 3. The zero-order valence-electron chi connectivity index (χ0n) is 41.1. The second kappa shape index (κ2) is 51.0. The van der Waals surface area contributed by atoms with Gasteiger partial charge in [-0.05, 0) is 89.9 Å². The molecule has 0 aromatic carbocycles. The first kappa shape index (κ1) is 59.4. The maximum Gasteiger partial charge on any atom is 0.306 e. The predicted octanol–water partition coefficient (Wildman–Crippen LogP) is 17.5. The van der Waals surface area contributed by atoms with Crippen LogP contribution in [0.15, 0.2) is 48.6 Å². The topological polar surface area (TPSA) is 78.9 Å². The second-order valence-electron chi connectivity index (χ2n) is 17.8. The molecule has 6 heteroatoms. The maximum atomic E-state index is 12.8. The minimum absolute atomic E-state index is 0.0830. The molecule has 62 heavy (non-hydrogen) atoms. The van der Waals surface area contributed by atoms with E-state index in [4.69, 9.17) is 14.2 Å². The molecule has 1 atom stereocenters. The highest BCUT2D eigenvalue weighted by atomic mass is 16.6. The van der Waals surface area contributed by atoms with Gasteiger partial charge in [0, 0.05) is 19.3 Å². The van der Waals surface area contributed by atoms with Gasteiger partial charge in [0.1, 0.15) is 13.2 Å². The van der Waals surface area contributed by atoms with Crippen LogP contribution in [0.5, 0.6) is 0 Å². The smallest absolute Gasteiger partial charge is 0.306 e. The Morgan fingerprint density at radius 3 is 0.984 bits per heavy atom. The predicted molar refractivity (Wildman–Crippen MR) is 265 cm³/mol. The third-order valence-electron chi connectivity index (χ3n) is 11.6. The molecule has 0 aliphatic heterocycles. The van der Waals surface area contributed by atoms with E-state index in [2.05, 4.69) is 69.4 Å². The molecule has 1 unspecified atom stereocenters. The first-order chi connectivity index (χ1) is 30.5. The molecular formula is C56H100O6. The molecular weight excluding hydrogens is 769 g/mol. The fourth-order valence-electron chi connectivity index (χ4n) is 7.47. The Morgan fingerprint density at radius 1 is 0.323 bits per heavy atom. The Bertz CT molecular complexity index is 1090. The molecule has 0 saturated heterocycles. The highest BCUT2D eigenvalue weighted by molar-refractivity contribution is 5.71. The van der Waals surface area contributed by atoms with Crippen LogP contribution in [0.25, 0.3) is 0 Å². The molecule has 0 bridgehead atoms. The van der Waals surface area contributed by atoms with Gasteiger partial charge in [0.05, 0.1) is 0 Å². The molecule has 6 nitrogen and oxygen atoms in total. The van der Waals surface area contributed by atoms with Crippen LogP contribution in [0.4, 0.5) is 0 Å². The lowest BCUT2D eigenvalue weighted by molar-refractivity contribution is -0.167. The molecule has 0 aromatic rings. The van der Waals surface area contributed by atoms with Crippen molar-refractivity contribution < 1.29 is 28.6 Å². The Balaban J connectivity index is 4.33. The van der Waals surface area contributed by atoms with Crippen molar-refractivity contribution in [3.63, 3.8) is 0 Å². The van der Waals surface area contributed by atoms with Crippen LogP contribution in [-0.4, -0.2) is 37.2 Å². The number of unbranched alkanes of at least 4 members (excludes halogenated alkanes) is 30. The number of ether oxygens (including phenoxy) is 3. The molecule has 0 fully saturated rings. The monoisotopic (exact) mass is 869 g/mol. The van der Waals surface area contributed by atoms with Crippen molar-refractivity contribution in [1.29, 1.82) is 0 Å². The molecule has 0 aromatic heterocycles. The third-order valence-corrected chi connectivity index (χ3v) is 11.6. The largest absolute Gasteiger partial charge is 0.462 e. The van der Waals surface area contributed by atoms with Gasteiger partial charge in [-0.3, -0.25) is 14.4 Å². The zero-order chi connectivity index (χ0) is 45.1. The zero-order valence-corrected chi connectivity index (χ0v) is 41.1. The SMILES string of the molecule is CCCC/C=C\CCCCCCC(=O)OCC(COC(=O)CCCCCCCCC/C=C\CCCCCCCCCC)OC(=O)CCCCCCCC/C=C\C=C/CCCCC. The van der Waals surface area contributed by atoms with E-state index in [9.17, 15) is 14.4 Å². The number of hydrogen-bond donors (Lipinski definition) is 0. The average Bonchev–Trinajstić information content (AvgIpc) is 3.27. The van der Waals surface area contributed by atoms with E-state index in [1.54, 1.807) is 0 Å². The number of carbonyl (C=O) groups excluding carboxylic acids is 3. The summed E-state index contributed by atoms with van der Waals surface area (Å²) in [5.41, 5.74) is 0. The minimum Gasteiger partial charge on any atom is -0.462 e. The molecule has 0 rings (SSSR count). The van der Waals surface area contributed by atoms with Crippen LogP contribution in [0.3, 0.4) is 0 Å². The number of allylic oxidation sites excluding steroid dienone is 8. The molecule has 0 aliphatic carbocycles. The number of hydrogen-bond acceptors (Lipinski definition) is 6. The molecule has 0 spiro atoms. The van der Waals surface area contributed by atoms with Gasteiger partial charge in [-0.25, -0.2) is 0 Å².